The molecule has 0 unspecified atom stereocenters. The molecule has 1 N–H and O–H groups in total. The summed E-state index contributed by atoms with van der Waals surface area (Å²) in [6, 6.07) is 9.80. The molecule has 1 fully saturated rings. The number of nitrogens with one attached hydrogen (secondary N) is 1. The van der Waals surface area contributed by atoms with Gasteiger partial charge in [-0.3, -0.25) is 0 Å². The molecule has 1 saturated heterocycles. The molecule has 0 spiro atoms. The van der Waals surface area contributed by atoms with Crippen LogP contribution in [-0.2, 0) is 0 Å². The van der Waals surface area contributed by atoms with Gasteiger partial charge in [0, 0.05) is 22.9 Å². The maximum Gasteiger partial charge on any atom is 0.174 e. The zero-order chi connectivity index (χ0) is 16.4. The number of ether oxygens (including phenoxy) is 1. The quantitative estimate of drug-likeness (QED) is 0.613. The Hall–Kier alpha value is -0.470. The minimum Gasteiger partial charge on any atom is -0.495 e. The number of hydrogen-bond donors (Lipinski definition) is 1. The van der Waals surface area contributed by atoms with Gasteiger partial charge in [-0.1, -0.05) is 11.6 Å². The summed E-state index contributed by atoms with van der Waals surface area (Å²) in [6.45, 7) is 0.931. The summed E-state index contributed by atoms with van der Waals surface area (Å²) in [5, 5.41) is 4.82. The molecule has 0 bridgehead atoms. The molecular weight excluding hydrogens is 436 g/mol. The maximum absolute atomic E-state index is 6.17. The molecule has 0 radical (unpaired) electrons. The number of halogens is 2. The van der Waals surface area contributed by atoms with E-state index in [9.17, 15) is 0 Å². The molecule has 1 atom stereocenters. The Morgan fingerprint density at radius 2 is 2.26 bits per heavy atom. The van der Waals surface area contributed by atoms with Crippen molar-refractivity contribution in [1.82, 2.24) is 4.90 Å². The van der Waals surface area contributed by atoms with E-state index in [0.717, 1.165) is 21.8 Å². The normalized spacial score (nSPS) is 17.3. The molecule has 1 aliphatic rings. The van der Waals surface area contributed by atoms with Gasteiger partial charge in [0.1, 0.15) is 11.1 Å². The Kier molecular flexibility index (Phi) is 5.74. The zero-order valence-corrected chi connectivity index (χ0v) is 17.0. The van der Waals surface area contributed by atoms with Crippen molar-refractivity contribution in [3.63, 3.8) is 0 Å². The average molecular weight is 450 g/mol. The summed E-state index contributed by atoms with van der Waals surface area (Å²) >= 11 is 19.0. The first-order chi connectivity index (χ1) is 11.1. The number of thiophene rings is 1. The molecule has 2 aromatic rings. The molecule has 0 aliphatic carbocycles. The topological polar surface area (TPSA) is 24.5 Å². The Labute approximate surface area is 162 Å². The second-order valence-electron chi connectivity index (χ2n) is 4.84. The monoisotopic (exact) mass is 448 g/mol. The fourth-order valence-corrected chi connectivity index (χ4v) is 5.88. The van der Waals surface area contributed by atoms with E-state index in [4.69, 9.17) is 28.6 Å². The van der Waals surface area contributed by atoms with Gasteiger partial charge in [-0.2, -0.15) is 0 Å². The molecule has 1 aliphatic heterocycles. The van der Waals surface area contributed by atoms with Gasteiger partial charge in [-0.15, -0.1) is 23.1 Å². The highest BCUT2D eigenvalue weighted by Gasteiger charge is 2.29. The van der Waals surface area contributed by atoms with Crippen LogP contribution in [0.1, 0.15) is 10.3 Å². The lowest BCUT2D eigenvalue weighted by atomic mass is 10.3. The molecule has 1 aromatic carbocycles. The van der Waals surface area contributed by atoms with E-state index >= 15 is 0 Å². The Balaban J connectivity index is 1.73. The number of thioether (sulfide) groups is 1. The summed E-state index contributed by atoms with van der Waals surface area (Å²) in [7, 11) is 1.60. The molecule has 3 rings (SSSR count). The first-order valence-electron chi connectivity index (χ1n) is 6.86. The molecule has 122 valence electrons. The van der Waals surface area contributed by atoms with Crippen LogP contribution in [0.15, 0.2) is 34.1 Å². The van der Waals surface area contributed by atoms with Gasteiger partial charge in [0.15, 0.2) is 5.11 Å². The lowest BCUT2D eigenvalue weighted by Gasteiger charge is -2.26. The van der Waals surface area contributed by atoms with Crippen LogP contribution in [-0.4, -0.2) is 29.4 Å². The van der Waals surface area contributed by atoms with E-state index < -0.39 is 0 Å². The van der Waals surface area contributed by atoms with Gasteiger partial charge < -0.3 is 15.0 Å². The minimum atomic E-state index is 0.264. The predicted molar refractivity (Wildman–Crippen MR) is 108 cm³/mol. The number of thiocarbonyl (C=S) groups is 1. The number of nitrogens with zero attached hydrogens (tertiary/aromatic N) is 1. The van der Waals surface area contributed by atoms with Crippen LogP contribution in [0.5, 0.6) is 5.75 Å². The van der Waals surface area contributed by atoms with Crippen LogP contribution in [0.3, 0.4) is 0 Å². The molecule has 3 nitrogen and oxygen atoms in total. The van der Waals surface area contributed by atoms with E-state index in [1.54, 1.807) is 18.4 Å². The zero-order valence-electron chi connectivity index (χ0n) is 12.2. The molecule has 2 heterocycles. The number of hydrogen-bond acceptors (Lipinski definition) is 4. The largest absolute Gasteiger partial charge is 0.495 e. The highest BCUT2D eigenvalue weighted by atomic mass is 79.9. The first-order valence-corrected chi connectivity index (χ1v) is 10.3. The molecule has 1 aromatic heterocycles. The molecule has 0 amide bonds. The Bertz CT molecular complexity index is 724. The second-order valence-corrected chi connectivity index (χ2v) is 9.31. The molecule has 0 saturated carbocycles. The van der Waals surface area contributed by atoms with Crippen LogP contribution < -0.4 is 10.1 Å². The molecule has 8 heteroatoms. The van der Waals surface area contributed by atoms with Crippen LogP contribution in [0.4, 0.5) is 5.69 Å². The van der Waals surface area contributed by atoms with Crippen LogP contribution in [0.25, 0.3) is 0 Å². The van der Waals surface area contributed by atoms with Gasteiger partial charge in [-0.05, 0) is 58.5 Å². The summed E-state index contributed by atoms with van der Waals surface area (Å²) < 4.78 is 6.31. The van der Waals surface area contributed by atoms with Gasteiger partial charge in [-0.25, -0.2) is 0 Å². The number of methoxy groups -OCH3 is 1. The summed E-state index contributed by atoms with van der Waals surface area (Å²) in [6.07, 6.45) is 0. The second kappa shape index (κ2) is 7.61. The summed E-state index contributed by atoms with van der Waals surface area (Å²) in [5.41, 5.74) is 0.865. The minimum absolute atomic E-state index is 0.264. The van der Waals surface area contributed by atoms with Crippen molar-refractivity contribution in [3.8, 4) is 5.75 Å². The third-order valence-electron chi connectivity index (χ3n) is 3.39. The smallest absolute Gasteiger partial charge is 0.174 e. The van der Waals surface area contributed by atoms with Crippen molar-refractivity contribution in [2.24, 2.45) is 0 Å². The van der Waals surface area contributed by atoms with Gasteiger partial charge >= 0.3 is 0 Å². The van der Waals surface area contributed by atoms with Gasteiger partial charge in [0.2, 0.25) is 0 Å². The van der Waals surface area contributed by atoms with Crippen LogP contribution >= 0.6 is 62.8 Å². The maximum atomic E-state index is 6.17. The van der Waals surface area contributed by atoms with E-state index in [0.29, 0.717) is 15.9 Å². The van der Waals surface area contributed by atoms with Crippen molar-refractivity contribution in [2.45, 2.75) is 5.37 Å². The number of benzene rings is 1. The predicted octanol–water partition coefficient (Wildman–Crippen LogP) is 5.62. The Morgan fingerprint density at radius 3 is 2.91 bits per heavy atom. The van der Waals surface area contributed by atoms with Crippen molar-refractivity contribution >= 4 is 73.6 Å². The highest BCUT2D eigenvalue weighted by molar-refractivity contribution is 9.11. The third kappa shape index (κ3) is 3.96. The fraction of sp³-hybridized carbons (Fsp3) is 0.267. The SMILES string of the molecule is COc1ccc(NC(=S)N2CCS[C@@H]2c2ccc(Br)s2)cc1Cl. The standard InChI is InChI=1S/C15H14BrClN2OS3/c1-20-11-3-2-9(8-10(11)17)18-15(21)19-6-7-22-14(19)12-4-5-13(16)23-12/h2-5,8,14H,6-7H2,1H3,(H,18,21)/t14-/m1/s1. The summed E-state index contributed by atoms with van der Waals surface area (Å²) in [5.74, 6) is 1.71. The Morgan fingerprint density at radius 1 is 1.43 bits per heavy atom. The lowest BCUT2D eigenvalue weighted by molar-refractivity contribution is 0.415. The molecule has 23 heavy (non-hydrogen) atoms. The van der Waals surface area contributed by atoms with Crippen molar-refractivity contribution < 1.29 is 4.74 Å². The first kappa shape index (κ1) is 17.4. The van der Waals surface area contributed by atoms with Crippen LogP contribution in [0, 0.1) is 0 Å². The van der Waals surface area contributed by atoms with Gasteiger partial charge in [0.25, 0.3) is 0 Å². The molecular formula is C15H14BrClN2OS3. The van der Waals surface area contributed by atoms with E-state index in [1.807, 2.05) is 30.0 Å². The highest BCUT2D eigenvalue weighted by Crippen LogP contribution is 2.42. The van der Waals surface area contributed by atoms with Crippen molar-refractivity contribution in [1.29, 1.82) is 0 Å². The third-order valence-corrected chi connectivity index (χ3v) is 7.09. The summed E-state index contributed by atoms with van der Waals surface area (Å²) in [4.78, 5) is 3.52. The number of anilines is 1. The van der Waals surface area contributed by atoms with E-state index in [2.05, 4.69) is 38.3 Å². The van der Waals surface area contributed by atoms with Gasteiger partial charge in [0.05, 0.1) is 15.9 Å². The van der Waals surface area contributed by atoms with Crippen LogP contribution in [0.2, 0.25) is 5.02 Å². The lowest BCUT2D eigenvalue weighted by Crippen LogP contribution is -2.33. The fourth-order valence-electron chi connectivity index (χ4n) is 2.31. The van der Waals surface area contributed by atoms with E-state index in [1.165, 1.54) is 4.88 Å². The average Bonchev–Trinajstić information content (AvgIpc) is 3.15. The van der Waals surface area contributed by atoms with Crippen molar-refractivity contribution in [3.05, 3.63) is 44.0 Å². The van der Waals surface area contributed by atoms with E-state index in [-0.39, 0.29) is 5.37 Å². The number of rotatable bonds is 3. The van der Waals surface area contributed by atoms with Crippen molar-refractivity contribution in [2.75, 3.05) is 24.7 Å².